The third-order valence-corrected chi connectivity index (χ3v) is 4.51. The number of hydrogen-bond acceptors (Lipinski definition) is 5. The molecule has 0 radical (unpaired) electrons. The molecule has 1 saturated heterocycles. The van der Waals surface area contributed by atoms with Gasteiger partial charge in [-0.1, -0.05) is 11.6 Å². The molecule has 0 saturated carbocycles. The second kappa shape index (κ2) is 8.09. The van der Waals surface area contributed by atoms with Crippen molar-refractivity contribution in [3.63, 3.8) is 0 Å². The number of rotatable bonds is 5. The Bertz CT molecular complexity index is 762. The molecule has 2 heterocycles. The molecule has 3 rings (SSSR count). The van der Waals surface area contributed by atoms with Gasteiger partial charge in [0.25, 0.3) is 0 Å². The number of benzene rings is 1. The minimum atomic E-state index is -1.44. The van der Waals surface area contributed by atoms with Crippen LogP contribution in [0.3, 0.4) is 0 Å². The number of halogens is 4. The monoisotopic (exact) mass is 386 g/mol. The Labute approximate surface area is 154 Å². The molecule has 1 aliphatic rings. The van der Waals surface area contributed by atoms with Gasteiger partial charge >= 0.3 is 0 Å². The first-order valence-electron chi connectivity index (χ1n) is 8.15. The van der Waals surface area contributed by atoms with E-state index in [1.54, 1.807) is 6.07 Å². The number of anilines is 1. The van der Waals surface area contributed by atoms with Gasteiger partial charge in [0.15, 0.2) is 34.2 Å². The zero-order valence-corrected chi connectivity index (χ0v) is 14.9. The topological polar surface area (TPSA) is 50.3 Å². The van der Waals surface area contributed by atoms with Crippen LogP contribution in [0.5, 0.6) is 5.75 Å². The SMILES string of the molecule is COc1cc(Cl)nnc1NC1CCN(Cc2cc(F)c(F)c(F)c2)CC1. The molecular weight excluding hydrogens is 369 g/mol. The molecule has 1 aliphatic heterocycles. The van der Waals surface area contributed by atoms with Crippen molar-refractivity contribution in [2.75, 3.05) is 25.5 Å². The Balaban J connectivity index is 1.56. The summed E-state index contributed by atoms with van der Waals surface area (Å²) in [5.74, 6) is -2.72. The van der Waals surface area contributed by atoms with Crippen molar-refractivity contribution in [2.45, 2.75) is 25.4 Å². The molecule has 26 heavy (non-hydrogen) atoms. The lowest BCUT2D eigenvalue weighted by molar-refractivity contribution is 0.210. The maximum atomic E-state index is 13.3. The van der Waals surface area contributed by atoms with E-state index in [2.05, 4.69) is 20.4 Å². The molecule has 1 fully saturated rings. The molecular formula is C17H18ClF3N4O. The average molecular weight is 387 g/mol. The van der Waals surface area contributed by atoms with Crippen LogP contribution in [0.25, 0.3) is 0 Å². The third kappa shape index (κ3) is 4.37. The van der Waals surface area contributed by atoms with Gasteiger partial charge in [0.1, 0.15) is 0 Å². The molecule has 9 heteroatoms. The third-order valence-electron chi connectivity index (χ3n) is 4.33. The van der Waals surface area contributed by atoms with Gasteiger partial charge in [0, 0.05) is 31.7 Å². The van der Waals surface area contributed by atoms with Gasteiger partial charge in [0.05, 0.1) is 7.11 Å². The number of methoxy groups -OCH3 is 1. The van der Waals surface area contributed by atoms with Crippen LogP contribution in [-0.4, -0.2) is 41.3 Å². The van der Waals surface area contributed by atoms with E-state index in [0.717, 1.165) is 38.1 Å². The fourth-order valence-corrected chi connectivity index (χ4v) is 3.13. The van der Waals surface area contributed by atoms with E-state index in [-0.39, 0.29) is 11.2 Å². The number of piperidine rings is 1. The van der Waals surface area contributed by atoms with Crippen molar-refractivity contribution in [3.05, 3.63) is 46.4 Å². The molecule has 0 aliphatic carbocycles. The molecule has 0 unspecified atom stereocenters. The average Bonchev–Trinajstić information content (AvgIpc) is 2.62. The van der Waals surface area contributed by atoms with Gasteiger partial charge < -0.3 is 10.1 Å². The highest BCUT2D eigenvalue weighted by Gasteiger charge is 2.22. The van der Waals surface area contributed by atoms with Crippen LogP contribution < -0.4 is 10.1 Å². The number of aromatic nitrogens is 2. The van der Waals surface area contributed by atoms with E-state index < -0.39 is 17.5 Å². The van der Waals surface area contributed by atoms with Crippen LogP contribution in [0, 0.1) is 17.5 Å². The van der Waals surface area contributed by atoms with Crippen LogP contribution in [0.15, 0.2) is 18.2 Å². The van der Waals surface area contributed by atoms with E-state index >= 15 is 0 Å². The first kappa shape index (κ1) is 18.7. The largest absolute Gasteiger partial charge is 0.493 e. The fraction of sp³-hybridized carbons (Fsp3) is 0.412. The predicted molar refractivity (Wildman–Crippen MR) is 91.8 cm³/mol. The van der Waals surface area contributed by atoms with Gasteiger partial charge in [-0.15, -0.1) is 10.2 Å². The Hall–Kier alpha value is -2.06. The summed E-state index contributed by atoms with van der Waals surface area (Å²) in [4.78, 5) is 2.06. The van der Waals surface area contributed by atoms with Gasteiger partial charge in [-0.25, -0.2) is 13.2 Å². The second-order valence-corrected chi connectivity index (χ2v) is 6.54. The van der Waals surface area contributed by atoms with E-state index in [0.29, 0.717) is 23.7 Å². The first-order chi connectivity index (χ1) is 12.5. The van der Waals surface area contributed by atoms with Gasteiger partial charge in [-0.3, -0.25) is 4.90 Å². The summed E-state index contributed by atoms with van der Waals surface area (Å²) in [6.45, 7) is 1.81. The van der Waals surface area contributed by atoms with Gasteiger partial charge in [-0.05, 0) is 30.5 Å². The van der Waals surface area contributed by atoms with Crippen molar-refractivity contribution in [3.8, 4) is 5.75 Å². The normalized spacial score (nSPS) is 15.9. The van der Waals surface area contributed by atoms with Crippen molar-refractivity contribution in [2.24, 2.45) is 0 Å². The van der Waals surface area contributed by atoms with Crippen LogP contribution in [0.4, 0.5) is 19.0 Å². The van der Waals surface area contributed by atoms with Crippen molar-refractivity contribution >= 4 is 17.4 Å². The molecule has 0 atom stereocenters. The summed E-state index contributed by atoms with van der Waals surface area (Å²) < 4.78 is 44.9. The maximum Gasteiger partial charge on any atom is 0.194 e. The zero-order chi connectivity index (χ0) is 18.7. The molecule has 1 aromatic carbocycles. The van der Waals surface area contributed by atoms with E-state index in [1.807, 2.05) is 0 Å². The van der Waals surface area contributed by atoms with E-state index in [1.165, 1.54) is 7.11 Å². The van der Waals surface area contributed by atoms with Crippen LogP contribution >= 0.6 is 11.6 Å². The van der Waals surface area contributed by atoms with Gasteiger partial charge in [0.2, 0.25) is 0 Å². The standard InChI is InChI=1S/C17H18ClF3N4O/c1-26-14-8-15(18)23-24-17(14)22-11-2-4-25(5-3-11)9-10-6-12(19)16(21)13(20)7-10/h6-8,11H,2-5,9H2,1H3,(H,22,24). The number of hydrogen-bond donors (Lipinski definition) is 1. The van der Waals surface area contributed by atoms with Crippen molar-refractivity contribution < 1.29 is 17.9 Å². The highest BCUT2D eigenvalue weighted by Crippen LogP contribution is 2.26. The molecule has 0 spiro atoms. The second-order valence-electron chi connectivity index (χ2n) is 6.15. The number of nitrogens with one attached hydrogen (secondary N) is 1. The Morgan fingerprint density at radius 1 is 1.15 bits per heavy atom. The number of likely N-dealkylation sites (tertiary alicyclic amines) is 1. The molecule has 5 nitrogen and oxygen atoms in total. The molecule has 140 valence electrons. The molecule has 2 aromatic rings. The number of nitrogens with zero attached hydrogens (tertiary/aromatic N) is 3. The lowest BCUT2D eigenvalue weighted by Gasteiger charge is -2.32. The quantitative estimate of drug-likeness (QED) is 0.795. The Kier molecular flexibility index (Phi) is 5.83. The molecule has 0 bridgehead atoms. The minimum Gasteiger partial charge on any atom is -0.493 e. The summed E-state index contributed by atoms with van der Waals surface area (Å²) in [5.41, 5.74) is 0.415. The zero-order valence-electron chi connectivity index (χ0n) is 14.1. The van der Waals surface area contributed by atoms with E-state index in [9.17, 15) is 13.2 Å². The lowest BCUT2D eigenvalue weighted by atomic mass is 10.0. The van der Waals surface area contributed by atoms with Crippen LogP contribution in [0.1, 0.15) is 18.4 Å². The Morgan fingerprint density at radius 3 is 2.42 bits per heavy atom. The highest BCUT2D eigenvalue weighted by molar-refractivity contribution is 6.29. The number of ether oxygens (including phenoxy) is 1. The van der Waals surface area contributed by atoms with E-state index in [4.69, 9.17) is 16.3 Å². The first-order valence-corrected chi connectivity index (χ1v) is 8.53. The summed E-state index contributed by atoms with van der Waals surface area (Å²) in [6, 6.07) is 3.83. The molecule has 1 N–H and O–H groups in total. The maximum absolute atomic E-state index is 13.3. The fourth-order valence-electron chi connectivity index (χ4n) is 2.99. The van der Waals surface area contributed by atoms with Crippen molar-refractivity contribution in [1.29, 1.82) is 0 Å². The summed E-state index contributed by atoms with van der Waals surface area (Å²) in [7, 11) is 1.53. The minimum absolute atomic E-state index is 0.164. The summed E-state index contributed by atoms with van der Waals surface area (Å²) in [6.07, 6.45) is 1.61. The van der Waals surface area contributed by atoms with Gasteiger partial charge in [-0.2, -0.15) is 0 Å². The summed E-state index contributed by atoms with van der Waals surface area (Å²) in [5, 5.41) is 11.4. The van der Waals surface area contributed by atoms with Crippen LogP contribution in [0.2, 0.25) is 5.15 Å². The highest BCUT2D eigenvalue weighted by atomic mass is 35.5. The van der Waals surface area contributed by atoms with Crippen molar-refractivity contribution in [1.82, 2.24) is 15.1 Å². The lowest BCUT2D eigenvalue weighted by Crippen LogP contribution is -2.39. The predicted octanol–water partition coefficient (Wildman–Crippen LogP) is 3.63. The summed E-state index contributed by atoms with van der Waals surface area (Å²) >= 11 is 5.80. The molecule has 0 amide bonds. The molecule has 1 aromatic heterocycles. The van der Waals surface area contributed by atoms with Crippen LogP contribution in [-0.2, 0) is 6.54 Å². The Morgan fingerprint density at radius 2 is 1.81 bits per heavy atom. The smallest absolute Gasteiger partial charge is 0.194 e.